The van der Waals surface area contributed by atoms with E-state index in [1.165, 1.54) is 43.5 Å². The Morgan fingerprint density at radius 1 is 1.24 bits per heavy atom. The van der Waals surface area contributed by atoms with Crippen LogP contribution in [0.1, 0.15) is 56.7 Å². The summed E-state index contributed by atoms with van der Waals surface area (Å²) >= 11 is 0. The number of likely N-dealkylation sites (tertiary alicyclic amines) is 1. The van der Waals surface area contributed by atoms with Crippen LogP contribution in [0.4, 0.5) is 11.9 Å². The number of nitrogen functional groups attached to an aromatic ring is 1. The Labute approximate surface area is 173 Å². The summed E-state index contributed by atoms with van der Waals surface area (Å²) in [5.74, 6) is 2.03. The Bertz CT molecular complexity index is 840. The van der Waals surface area contributed by atoms with Crippen LogP contribution in [0, 0.1) is 5.41 Å². The molecule has 1 saturated heterocycles. The summed E-state index contributed by atoms with van der Waals surface area (Å²) in [6.45, 7) is 8.70. The monoisotopic (exact) mass is 398 g/mol. The summed E-state index contributed by atoms with van der Waals surface area (Å²) in [5, 5.41) is 7.30. The molecule has 158 valence electrons. The molecule has 1 fully saturated rings. The molecule has 29 heavy (non-hydrogen) atoms. The molecule has 4 rings (SSSR count). The largest absolute Gasteiger partial charge is 0.493 e. The smallest absolute Gasteiger partial charge is 0.241 e. The van der Waals surface area contributed by atoms with E-state index >= 15 is 0 Å². The predicted molar refractivity (Wildman–Crippen MR) is 116 cm³/mol. The number of nitrogens with zero attached hydrogens (tertiary/aromatic N) is 4. The van der Waals surface area contributed by atoms with E-state index in [-0.39, 0.29) is 11.4 Å². The van der Waals surface area contributed by atoms with E-state index in [4.69, 9.17) is 10.5 Å². The number of rotatable bonds is 7. The molecule has 0 spiro atoms. The molecule has 0 bridgehead atoms. The number of aromatic nitrogens is 3. The van der Waals surface area contributed by atoms with E-state index in [1.807, 2.05) is 7.05 Å². The van der Waals surface area contributed by atoms with E-state index in [0.29, 0.717) is 18.6 Å². The van der Waals surface area contributed by atoms with E-state index in [2.05, 4.69) is 52.3 Å². The summed E-state index contributed by atoms with van der Waals surface area (Å²) in [6.07, 6.45) is 5.98. The molecule has 0 saturated carbocycles. The number of ether oxygens (including phenoxy) is 1. The second kappa shape index (κ2) is 8.22. The zero-order valence-corrected chi connectivity index (χ0v) is 17.9. The summed E-state index contributed by atoms with van der Waals surface area (Å²) in [5.41, 5.74) is 8.73. The number of nitrogens with one attached hydrogen (secondary N) is 1. The van der Waals surface area contributed by atoms with Crippen LogP contribution in [0.3, 0.4) is 0 Å². The SMILES string of the molecule is Cn1nc(N)nc1NCCCOc1cccc2c1CC(C)(C)C2N1CCCCC1. The lowest BCUT2D eigenvalue weighted by Crippen LogP contribution is -2.39. The van der Waals surface area contributed by atoms with E-state index in [9.17, 15) is 0 Å². The van der Waals surface area contributed by atoms with Gasteiger partial charge in [-0.15, -0.1) is 5.10 Å². The van der Waals surface area contributed by atoms with Gasteiger partial charge in [-0.1, -0.05) is 32.4 Å². The fraction of sp³-hybridized carbons (Fsp3) is 0.636. The molecule has 1 unspecified atom stereocenters. The zero-order chi connectivity index (χ0) is 20.4. The number of piperidine rings is 1. The first-order chi connectivity index (χ1) is 14.0. The number of benzene rings is 1. The van der Waals surface area contributed by atoms with Crippen LogP contribution in [0.2, 0.25) is 0 Å². The van der Waals surface area contributed by atoms with Crippen molar-refractivity contribution in [2.24, 2.45) is 12.5 Å². The molecule has 3 N–H and O–H groups in total. The van der Waals surface area contributed by atoms with E-state index in [0.717, 1.165) is 25.1 Å². The number of anilines is 2. The number of hydrogen-bond acceptors (Lipinski definition) is 6. The average molecular weight is 399 g/mol. The highest BCUT2D eigenvalue weighted by molar-refractivity contribution is 5.47. The highest BCUT2D eigenvalue weighted by Crippen LogP contribution is 2.51. The van der Waals surface area contributed by atoms with Crippen molar-refractivity contribution in [1.82, 2.24) is 19.7 Å². The van der Waals surface area contributed by atoms with Crippen molar-refractivity contribution in [3.63, 3.8) is 0 Å². The number of hydrogen-bond donors (Lipinski definition) is 2. The fourth-order valence-corrected chi connectivity index (χ4v) is 5.02. The fourth-order valence-electron chi connectivity index (χ4n) is 5.02. The Kier molecular flexibility index (Phi) is 5.67. The van der Waals surface area contributed by atoms with Crippen molar-refractivity contribution < 1.29 is 4.74 Å². The molecule has 1 atom stereocenters. The van der Waals surface area contributed by atoms with Crippen molar-refractivity contribution in [3.05, 3.63) is 29.3 Å². The molecule has 2 aromatic rings. The first kappa shape index (κ1) is 20.0. The maximum Gasteiger partial charge on any atom is 0.241 e. The van der Waals surface area contributed by atoms with Gasteiger partial charge in [-0.2, -0.15) is 4.98 Å². The van der Waals surface area contributed by atoms with Crippen LogP contribution in [-0.4, -0.2) is 45.9 Å². The van der Waals surface area contributed by atoms with E-state index in [1.54, 1.807) is 4.68 Å². The summed E-state index contributed by atoms with van der Waals surface area (Å²) < 4.78 is 7.88. The lowest BCUT2D eigenvalue weighted by molar-refractivity contribution is 0.0826. The third kappa shape index (κ3) is 4.20. The third-order valence-corrected chi connectivity index (χ3v) is 6.23. The molecule has 7 heteroatoms. The van der Waals surface area contributed by atoms with Crippen LogP contribution in [0.25, 0.3) is 0 Å². The Morgan fingerprint density at radius 2 is 2.03 bits per heavy atom. The minimum absolute atomic E-state index is 0.242. The van der Waals surface area contributed by atoms with Crippen LogP contribution in [-0.2, 0) is 13.5 Å². The number of nitrogens with two attached hydrogens (primary N) is 1. The van der Waals surface area contributed by atoms with Crippen LogP contribution in [0.15, 0.2) is 18.2 Å². The lowest BCUT2D eigenvalue weighted by atomic mass is 9.83. The zero-order valence-electron chi connectivity index (χ0n) is 17.9. The van der Waals surface area contributed by atoms with Crippen LogP contribution in [0.5, 0.6) is 5.75 Å². The molecule has 7 nitrogen and oxygen atoms in total. The highest BCUT2D eigenvalue weighted by Gasteiger charge is 2.43. The Hall–Kier alpha value is -2.28. The van der Waals surface area contributed by atoms with Gasteiger partial charge in [0.25, 0.3) is 0 Å². The number of aryl methyl sites for hydroxylation is 1. The van der Waals surface area contributed by atoms with Crippen molar-refractivity contribution in [1.29, 1.82) is 0 Å². The predicted octanol–water partition coefficient (Wildman–Crippen LogP) is 3.39. The van der Waals surface area contributed by atoms with Crippen molar-refractivity contribution >= 4 is 11.9 Å². The maximum absolute atomic E-state index is 6.23. The Morgan fingerprint density at radius 3 is 2.76 bits per heavy atom. The van der Waals surface area contributed by atoms with E-state index < -0.39 is 0 Å². The summed E-state index contributed by atoms with van der Waals surface area (Å²) in [6, 6.07) is 7.11. The molecule has 1 aromatic heterocycles. The molecule has 0 radical (unpaired) electrons. The first-order valence-electron chi connectivity index (χ1n) is 10.8. The highest BCUT2D eigenvalue weighted by atomic mass is 16.5. The molecule has 1 aliphatic heterocycles. The number of fused-ring (bicyclic) bond motifs is 1. The van der Waals surface area contributed by atoms with Crippen molar-refractivity contribution in [2.45, 2.75) is 52.0 Å². The maximum atomic E-state index is 6.23. The second-order valence-corrected chi connectivity index (χ2v) is 9.03. The van der Waals surface area contributed by atoms with Gasteiger partial charge in [0.15, 0.2) is 0 Å². The van der Waals surface area contributed by atoms with Gasteiger partial charge in [0.1, 0.15) is 5.75 Å². The van der Waals surface area contributed by atoms with Crippen molar-refractivity contribution in [2.75, 3.05) is 37.3 Å². The minimum Gasteiger partial charge on any atom is -0.493 e. The lowest BCUT2D eigenvalue weighted by Gasteiger charge is -2.40. The molecular formula is C22H34N6O. The molecule has 2 heterocycles. The van der Waals surface area contributed by atoms with Crippen LogP contribution < -0.4 is 15.8 Å². The van der Waals surface area contributed by atoms with Crippen molar-refractivity contribution in [3.8, 4) is 5.75 Å². The molecule has 1 aliphatic carbocycles. The molecular weight excluding hydrogens is 364 g/mol. The first-order valence-corrected chi connectivity index (χ1v) is 10.8. The quantitative estimate of drug-likeness (QED) is 0.696. The standard InChI is InChI=1S/C22H34N6O/c1-22(2)15-17-16(19(22)28-12-5-4-6-13-28)9-7-10-18(17)29-14-8-11-24-21-25-20(23)26-27(21)3/h7,9-10,19H,4-6,8,11-15H2,1-3H3,(H3,23,24,25,26). The van der Waals surface area contributed by atoms with Gasteiger partial charge in [-0.3, -0.25) is 4.90 Å². The normalized spacial score (nSPS) is 21.1. The van der Waals surface area contributed by atoms with Gasteiger partial charge in [0.05, 0.1) is 6.61 Å². The molecule has 2 aliphatic rings. The third-order valence-electron chi connectivity index (χ3n) is 6.23. The second-order valence-electron chi connectivity index (χ2n) is 9.03. The van der Waals surface area contributed by atoms with Crippen LogP contribution >= 0.6 is 0 Å². The van der Waals surface area contributed by atoms with Gasteiger partial charge >= 0.3 is 0 Å². The van der Waals surface area contributed by atoms with Gasteiger partial charge < -0.3 is 15.8 Å². The van der Waals surface area contributed by atoms with Gasteiger partial charge in [-0.25, -0.2) is 4.68 Å². The van der Waals surface area contributed by atoms with Gasteiger partial charge in [0.2, 0.25) is 11.9 Å². The molecule has 0 amide bonds. The minimum atomic E-state index is 0.242. The molecule has 1 aromatic carbocycles. The Balaban J connectivity index is 1.37. The summed E-state index contributed by atoms with van der Waals surface area (Å²) in [7, 11) is 1.83. The van der Waals surface area contributed by atoms with Gasteiger partial charge in [0, 0.05) is 19.6 Å². The van der Waals surface area contributed by atoms with Gasteiger partial charge in [-0.05, 0) is 61.4 Å². The summed E-state index contributed by atoms with van der Waals surface area (Å²) in [4.78, 5) is 6.86. The average Bonchev–Trinajstić information content (AvgIpc) is 3.16. The topological polar surface area (TPSA) is 81.2 Å².